The van der Waals surface area contributed by atoms with Gasteiger partial charge in [-0.1, -0.05) is 127 Å². The fourth-order valence-electron chi connectivity index (χ4n) is 6.83. The van der Waals surface area contributed by atoms with Crippen LogP contribution in [-0.4, -0.2) is 0 Å². The predicted molar refractivity (Wildman–Crippen MR) is 175 cm³/mol. The Morgan fingerprint density at radius 1 is 0.366 bits per heavy atom. The summed E-state index contributed by atoms with van der Waals surface area (Å²) in [6.45, 7) is 0. The lowest BCUT2D eigenvalue weighted by Crippen LogP contribution is -1.92. The van der Waals surface area contributed by atoms with Crippen LogP contribution in [0.25, 0.3) is 87.3 Å². The van der Waals surface area contributed by atoms with E-state index in [2.05, 4.69) is 146 Å². The quantitative estimate of drug-likeness (QED) is 0.207. The number of hydrogen-bond donors (Lipinski definition) is 0. The van der Waals surface area contributed by atoms with Crippen molar-refractivity contribution in [1.82, 2.24) is 0 Å². The summed E-state index contributed by atoms with van der Waals surface area (Å²) in [5, 5.41) is 12.2. The number of benzene rings is 8. The molecule has 190 valence electrons. The molecule has 0 spiro atoms. The molecule has 1 heteroatoms. The molecule has 0 aliphatic rings. The Balaban J connectivity index is 1.49. The minimum absolute atomic E-state index is 0.918. The number of rotatable bonds is 2. The van der Waals surface area contributed by atoms with E-state index in [1.807, 2.05) is 0 Å². The predicted octanol–water partition coefficient (Wildman–Crippen LogP) is 11.5. The van der Waals surface area contributed by atoms with Crippen LogP contribution in [0.2, 0.25) is 0 Å². The summed E-state index contributed by atoms with van der Waals surface area (Å²) in [4.78, 5) is 0. The van der Waals surface area contributed by atoms with Crippen molar-refractivity contribution < 1.29 is 4.42 Å². The molecule has 9 aromatic rings. The summed E-state index contributed by atoms with van der Waals surface area (Å²) >= 11 is 0. The highest BCUT2D eigenvalue weighted by Crippen LogP contribution is 2.48. The second-order valence-electron chi connectivity index (χ2n) is 10.9. The molecule has 0 radical (unpaired) electrons. The van der Waals surface area contributed by atoms with Gasteiger partial charge in [-0.3, -0.25) is 0 Å². The Bertz CT molecular complexity index is 2420. The van der Waals surface area contributed by atoms with Gasteiger partial charge in [0.05, 0.1) is 0 Å². The number of furan rings is 1. The van der Waals surface area contributed by atoms with Crippen LogP contribution in [0.15, 0.2) is 150 Å². The molecule has 0 aliphatic carbocycles. The highest BCUT2D eigenvalue weighted by molar-refractivity contribution is 6.28. The minimum Gasteiger partial charge on any atom is -0.455 e. The molecule has 1 aromatic heterocycles. The second-order valence-corrected chi connectivity index (χ2v) is 10.9. The zero-order chi connectivity index (χ0) is 26.9. The second kappa shape index (κ2) is 8.55. The summed E-state index contributed by atoms with van der Waals surface area (Å²) < 4.78 is 6.59. The molecule has 41 heavy (non-hydrogen) atoms. The largest absolute Gasteiger partial charge is 0.455 e. The lowest BCUT2D eigenvalue weighted by Gasteiger charge is -2.19. The number of para-hydroxylation sites is 1. The highest BCUT2D eigenvalue weighted by Gasteiger charge is 2.21. The van der Waals surface area contributed by atoms with Crippen LogP contribution < -0.4 is 0 Å². The van der Waals surface area contributed by atoms with Crippen LogP contribution in [0, 0.1) is 0 Å². The minimum atomic E-state index is 0.918. The SMILES string of the molecule is c1ccc2cc(-c3c4ccccc4c(-c4cc5ccccc5c5oc6ccccc6c45)c4ccccc34)ccc2c1. The smallest absolute Gasteiger partial charge is 0.143 e. The summed E-state index contributed by atoms with van der Waals surface area (Å²) in [5.41, 5.74) is 6.84. The lowest BCUT2D eigenvalue weighted by molar-refractivity contribution is 0.673. The van der Waals surface area contributed by atoms with Gasteiger partial charge in [0.15, 0.2) is 0 Å². The Morgan fingerprint density at radius 3 is 1.61 bits per heavy atom. The van der Waals surface area contributed by atoms with Crippen LogP contribution in [0.3, 0.4) is 0 Å². The van der Waals surface area contributed by atoms with Gasteiger partial charge >= 0.3 is 0 Å². The van der Waals surface area contributed by atoms with Crippen molar-refractivity contribution in [3.63, 3.8) is 0 Å². The summed E-state index contributed by atoms with van der Waals surface area (Å²) in [6.07, 6.45) is 0. The van der Waals surface area contributed by atoms with E-state index in [1.54, 1.807) is 0 Å². The molecule has 0 saturated carbocycles. The molecular formula is C40H24O. The summed E-state index contributed by atoms with van der Waals surface area (Å²) in [6, 6.07) is 52.6. The molecular weight excluding hydrogens is 496 g/mol. The van der Waals surface area contributed by atoms with E-state index in [1.165, 1.54) is 65.3 Å². The lowest BCUT2D eigenvalue weighted by atomic mass is 9.84. The zero-order valence-corrected chi connectivity index (χ0v) is 22.3. The molecule has 9 rings (SSSR count). The number of hydrogen-bond acceptors (Lipinski definition) is 1. The number of fused-ring (bicyclic) bond motifs is 8. The standard InChI is InChI=1S/C40H24O/c1-2-12-26-23-28(22-21-25(26)11-1)37-30-15-5-7-17-32(30)38(33-18-8-6-16-31(33)37)35-24-27-13-3-4-14-29(27)40-39(35)34-19-9-10-20-36(34)41-40/h1-24H. The first-order valence-electron chi connectivity index (χ1n) is 14.1. The van der Waals surface area contributed by atoms with Crippen molar-refractivity contribution in [3.8, 4) is 22.3 Å². The Hall–Kier alpha value is -5.40. The van der Waals surface area contributed by atoms with Gasteiger partial charge in [-0.15, -0.1) is 0 Å². The molecule has 0 amide bonds. The van der Waals surface area contributed by atoms with Gasteiger partial charge in [-0.05, 0) is 78.2 Å². The molecule has 0 N–H and O–H groups in total. The van der Waals surface area contributed by atoms with Gasteiger partial charge in [0, 0.05) is 16.2 Å². The van der Waals surface area contributed by atoms with Crippen LogP contribution in [-0.2, 0) is 0 Å². The van der Waals surface area contributed by atoms with Crippen molar-refractivity contribution in [1.29, 1.82) is 0 Å². The van der Waals surface area contributed by atoms with Gasteiger partial charge in [-0.2, -0.15) is 0 Å². The molecule has 8 aromatic carbocycles. The molecule has 1 heterocycles. The normalized spacial score (nSPS) is 11.9. The summed E-state index contributed by atoms with van der Waals surface area (Å²) in [5.74, 6) is 0. The first kappa shape index (κ1) is 22.4. The maximum atomic E-state index is 6.59. The maximum Gasteiger partial charge on any atom is 0.143 e. The van der Waals surface area contributed by atoms with Gasteiger partial charge < -0.3 is 4.42 Å². The van der Waals surface area contributed by atoms with E-state index in [4.69, 9.17) is 4.42 Å². The van der Waals surface area contributed by atoms with Gasteiger partial charge in [0.25, 0.3) is 0 Å². The average molecular weight is 521 g/mol. The van der Waals surface area contributed by atoms with E-state index in [0.29, 0.717) is 0 Å². The molecule has 0 fully saturated rings. The zero-order valence-electron chi connectivity index (χ0n) is 22.3. The molecule has 0 atom stereocenters. The van der Waals surface area contributed by atoms with Crippen molar-refractivity contribution >= 4 is 65.0 Å². The van der Waals surface area contributed by atoms with E-state index in [-0.39, 0.29) is 0 Å². The van der Waals surface area contributed by atoms with Gasteiger partial charge in [0.2, 0.25) is 0 Å². The average Bonchev–Trinajstić information content (AvgIpc) is 3.43. The molecule has 0 saturated heterocycles. The molecule has 1 nitrogen and oxygen atoms in total. The Kier molecular flexibility index (Phi) is 4.67. The van der Waals surface area contributed by atoms with E-state index >= 15 is 0 Å². The summed E-state index contributed by atoms with van der Waals surface area (Å²) in [7, 11) is 0. The maximum absolute atomic E-state index is 6.59. The Labute approximate surface area is 236 Å². The van der Waals surface area contributed by atoms with Crippen LogP contribution in [0.4, 0.5) is 0 Å². The fraction of sp³-hybridized carbons (Fsp3) is 0. The third kappa shape index (κ3) is 3.24. The molecule has 0 aliphatic heterocycles. The monoisotopic (exact) mass is 520 g/mol. The van der Waals surface area contributed by atoms with E-state index < -0.39 is 0 Å². The van der Waals surface area contributed by atoms with Crippen molar-refractivity contribution in [3.05, 3.63) is 146 Å². The van der Waals surface area contributed by atoms with Crippen molar-refractivity contribution in [2.45, 2.75) is 0 Å². The fourth-order valence-corrected chi connectivity index (χ4v) is 6.83. The van der Waals surface area contributed by atoms with E-state index in [9.17, 15) is 0 Å². The van der Waals surface area contributed by atoms with Crippen molar-refractivity contribution in [2.75, 3.05) is 0 Å². The van der Waals surface area contributed by atoms with Gasteiger partial charge in [-0.25, -0.2) is 0 Å². The van der Waals surface area contributed by atoms with Gasteiger partial charge in [0.1, 0.15) is 11.2 Å². The first-order chi connectivity index (χ1) is 20.3. The van der Waals surface area contributed by atoms with E-state index in [0.717, 1.165) is 21.9 Å². The molecule has 0 unspecified atom stereocenters. The van der Waals surface area contributed by atoms with Crippen LogP contribution in [0.1, 0.15) is 0 Å². The molecule has 0 bridgehead atoms. The highest BCUT2D eigenvalue weighted by atomic mass is 16.3. The Morgan fingerprint density at radius 2 is 0.902 bits per heavy atom. The topological polar surface area (TPSA) is 13.1 Å². The van der Waals surface area contributed by atoms with Crippen molar-refractivity contribution in [2.24, 2.45) is 0 Å². The first-order valence-corrected chi connectivity index (χ1v) is 14.1. The third-order valence-corrected chi connectivity index (χ3v) is 8.61. The van der Waals surface area contributed by atoms with Crippen LogP contribution in [0.5, 0.6) is 0 Å². The third-order valence-electron chi connectivity index (χ3n) is 8.61. The van der Waals surface area contributed by atoms with Crippen LogP contribution >= 0.6 is 0 Å².